The van der Waals surface area contributed by atoms with Crippen LogP contribution in [0.1, 0.15) is 17.2 Å². The van der Waals surface area contributed by atoms with Gasteiger partial charge in [0.25, 0.3) is 0 Å². The van der Waals surface area contributed by atoms with E-state index in [0.29, 0.717) is 15.8 Å². The number of thioether (sulfide) groups is 1. The Morgan fingerprint density at radius 2 is 1.84 bits per heavy atom. The lowest BCUT2D eigenvalue weighted by Gasteiger charge is -2.12. The molecule has 2 aromatic carbocycles. The molecule has 1 atom stereocenters. The van der Waals surface area contributed by atoms with Crippen molar-refractivity contribution in [3.63, 3.8) is 0 Å². The third-order valence-corrected chi connectivity index (χ3v) is 4.81. The number of aliphatic hydroxyl groups is 1. The van der Waals surface area contributed by atoms with E-state index in [1.54, 1.807) is 30.0 Å². The van der Waals surface area contributed by atoms with Crippen LogP contribution in [0.5, 0.6) is 0 Å². The molecule has 0 bridgehead atoms. The van der Waals surface area contributed by atoms with Crippen LogP contribution in [0, 0.1) is 6.92 Å². The van der Waals surface area contributed by atoms with Crippen LogP contribution in [0.15, 0.2) is 47.4 Å². The second-order valence-electron chi connectivity index (χ2n) is 4.27. The zero-order valence-electron chi connectivity index (χ0n) is 10.4. The maximum Gasteiger partial charge on any atom is 0.0884 e. The van der Waals surface area contributed by atoms with Crippen molar-refractivity contribution >= 4 is 35.0 Å². The van der Waals surface area contributed by atoms with Crippen molar-refractivity contribution in [3.8, 4) is 0 Å². The molecule has 0 saturated heterocycles. The van der Waals surface area contributed by atoms with Gasteiger partial charge in [-0.1, -0.05) is 47.5 Å². The summed E-state index contributed by atoms with van der Waals surface area (Å²) in [5.74, 6) is 0.586. The largest absolute Gasteiger partial charge is 0.388 e. The van der Waals surface area contributed by atoms with E-state index in [0.717, 1.165) is 5.56 Å². The van der Waals surface area contributed by atoms with Crippen LogP contribution in [-0.4, -0.2) is 10.9 Å². The quantitative estimate of drug-likeness (QED) is 0.790. The smallest absolute Gasteiger partial charge is 0.0884 e. The fourth-order valence-corrected chi connectivity index (χ4v) is 3.01. The van der Waals surface area contributed by atoms with Gasteiger partial charge in [0.15, 0.2) is 0 Å². The molecule has 0 aliphatic heterocycles. The van der Waals surface area contributed by atoms with E-state index in [9.17, 15) is 5.11 Å². The molecule has 0 aliphatic rings. The predicted molar refractivity (Wildman–Crippen MR) is 83.3 cm³/mol. The Labute approximate surface area is 127 Å². The van der Waals surface area contributed by atoms with Gasteiger partial charge in [-0.3, -0.25) is 0 Å². The SMILES string of the molecule is Cc1ccccc1SCC(O)c1ccc(Cl)c(Cl)c1. The molecule has 1 unspecified atom stereocenters. The number of aliphatic hydroxyl groups excluding tert-OH is 1. The van der Waals surface area contributed by atoms with Crippen LogP contribution in [0.2, 0.25) is 10.0 Å². The van der Waals surface area contributed by atoms with Gasteiger partial charge < -0.3 is 5.11 Å². The molecule has 2 rings (SSSR count). The van der Waals surface area contributed by atoms with E-state index in [1.165, 1.54) is 10.5 Å². The second kappa shape index (κ2) is 6.67. The van der Waals surface area contributed by atoms with Gasteiger partial charge in [-0.05, 0) is 36.2 Å². The highest BCUT2D eigenvalue weighted by atomic mass is 35.5. The normalized spacial score (nSPS) is 12.4. The van der Waals surface area contributed by atoms with E-state index in [1.807, 2.05) is 12.1 Å². The first-order valence-corrected chi connectivity index (χ1v) is 7.63. The third-order valence-electron chi connectivity index (χ3n) is 2.82. The van der Waals surface area contributed by atoms with Crippen molar-refractivity contribution in [1.82, 2.24) is 0 Å². The highest BCUT2D eigenvalue weighted by Crippen LogP contribution is 2.30. The Morgan fingerprint density at radius 1 is 1.11 bits per heavy atom. The molecule has 0 fully saturated rings. The lowest BCUT2D eigenvalue weighted by Crippen LogP contribution is -2.00. The Morgan fingerprint density at radius 3 is 2.53 bits per heavy atom. The monoisotopic (exact) mass is 312 g/mol. The van der Waals surface area contributed by atoms with Gasteiger partial charge in [0.1, 0.15) is 0 Å². The topological polar surface area (TPSA) is 20.2 Å². The minimum Gasteiger partial charge on any atom is -0.388 e. The van der Waals surface area contributed by atoms with E-state index in [-0.39, 0.29) is 0 Å². The van der Waals surface area contributed by atoms with E-state index in [4.69, 9.17) is 23.2 Å². The molecule has 0 aliphatic carbocycles. The minimum absolute atomic E-state index is 0.471. The van der Waals surface area contributed by atoms with E-state index < -0.39 is 6.10 Å². The molecule has 0 spiro atoms. The Kier molecular flexibility index (Phi) is 5.17. The van der Waals surface area contributed by atoms with Crippen molar-refractivity contribution < 1.29 is 5.11 Å². The van der Waals surface area contributed by atoms with Crippen molar-refractivity contribution in [3.05, 3.63) is 63.6 Å². The van der Waals surface area contributed by atoms with Crippen LogP contribution < -0.4 is 0 Å². The number of benzene rings is 2. The number of aryl methyl sites for hydroxylation is 1. The summed E-state index contributed by atoms with van der Waals surface area (Å²) in [6, 6.07) is 13.4. The van der Waals surface area contributed by atoms with Gasteiger partial charge in [-0.2, -0.15) is 0 Å². The molecule has 0 amide bonds. The summed E-state index contributed by atoms with van der Waals surface area (Å²) in [7, 11) is 0. The van der Waals surface area contributed by atoms with Crippen LogP contribution in [-0.2, 0) is 0 Å². The molecule has 100 valence electrons. The Balaban J connectivity index is 2.03. The summed E-state index contributed by atoms with van der Waals surface area (Å²) in [6.07, 6.45) is -0.556. The molecule has 0 radical (unpaired) electrons. The predicted octanol–water partition coefficient (Wildman–Crippen LogP) is 5.13. The van der Waals surface area contributed by atoms with Gasteiger partial charge in [-0.25, -0.2) is 0 Å². The highest BCUT2D eigenvalue weighted by molar-refractivity contribution is 7.99. The molecular formula is C15H14Cl2OS. The molecule has 4 heteroatoms. The van der Waals surface area contributed by atoms with Crippen molar-refractivity contribution in [2.24, 2.45) is 0 Å². The summed E-state index contributed by atoms with van der Waals surface area (Å²) >= 11 is 13.4. The van der Waals surface area contributed by atoms with Crippen molar-refractivity contribution in [1.29, 1.82) is 0 Å². The number of rotatable bonds is 4. The minimum atomic E-state index is -0.556. The first-order chi connectivity index (χ1) is 9.08. The van der Waals surface area contributed by atoms with Gasteiger partial charge in [0.05, 0.1) is 16.1 Å². The summed E-state index contributed by atoms with van der Waals surface area (Å²) in [4.78, 5) is 1.18. The summed E-state index contributed by atoms with van der Waals surface area (Å²) < 4.78 is 0. The zero-order chi connectivity index (χ0) is 13.8. The first-order valence-electron chi connectivity index (χ1n) is 5.89. The molecule has 0 saturated carbocycles. The maximum atomic E-state index is 10.2. The molecule has 0 aromatic heterocycles. The zero-order valence-corrected chi connectivity index (χ0v) is 12.8. The number of halogens is 2. The van der Waals surface area contributed by atoms with E-state index in [2.05, 4.69) is 19.1 Å². The van der Waals surface area contributed by atoms with Gasteiger partial charge in [0.2, 0.25) is 0 Å². The molecule has 1 nitrogen and oxygen atoms in total. The van der Waals surface area contributed by atoms with E-state index >= 15 is 0 Å². The van der Waals surface area contributed by atoms with Crippen LogP contribution >= 0.6 is 35.0 Å². The first kappa shape index (κ1) is 14.7. The molecule has 2 aromatic rings. The summed E-state index contributed by atoms with van der Waals surface area (Å²) in [6.45, 7) is 2.06. The van der Waals surface area contributed by atoms with Crippen LogP contribution in [0.25, 0.3) is 0 Å². The summed E-state index contributed by atoms with van der Waals surface area (Å²) in [5, 5.41) is 11.1. The third kappa shape index (κ3) is 3.90. The number of hydrogen-bond donors (Lipinski definition) is 1. The standard InChI is InChI=1S/C15H14Cl2OS/c1-10-4-2-3-5-15(10)19-9-14(18)11-6-7-12(16)13(17)8-11/h2-8,14,18H,9H2,1H3. The maximum absolute atomic E-state index is 10.2. The Bertz CT molecular complexity index is 572. The summed E-state index contributed by atoms with van der Waals surface area (Å²) in [5.41, 5.74) is 2.00. The lowest BCUT2D eigenvalue weighted by atomic mass is 10.1. The average Bonchev–Trinajstić information content (AvgIpc) is 2.40. The van der Waals surface area contributed by atoms with Crippen molar-refractivity contribution in [2.75, 3.05) is 5.75 Å². The van der Waals surface area contributed by atoms with Gasteiger partial charge in [0, 0.05) is 10.6 Å². The Hall–Kier alpha value is -0.670. The molecule has 19 heavy (non-hydrogen) atoms. The van der Waals surface area contributed by atoms with Crippen LogP contribution in [0.4, 0.5) is 0 Å². The molecular weight excluding hydrogens is 299 g/mol. The lowest BCUT2D eigenvalue weighted by molar-refractivity contribution is 0.204. The second-order valence-corrected chi connectivity index (χ2v) is 6.14. The fraction of sp³-hybridized carbons (Fsp3) is 0.200. The highest BCUT2D eigenvalue weighted by Gasteiger charge is 2.10. The van der Waals surface area contributed by atoms with Gasteiger partial charge in [-0.15, -0.1) is 11.8 Å². The van der Waals surface area contributed by atoms with Crippen molar-refractivity contribution in [2.45, 2.75) is 17.9 Å². The van der Waals surface area contributed by atoms with Crippen LogP contribution in [0.3, 0.4) is 0 Å². The molecule has 0 heterocycles. The number of hydrogen-bond acceptors (Lipinski definition) is 2. The average molecular weight is 313 g/mol. The molecule has 1 N–H and O–H groups in total. The van der Waals surface area contributed by atoms with Gasteiger partial charge >= 0.3 is 0 Å². The fourth-order valence-electron chi connectivity index (χ4n) is 1.70.